The Morgan fingerprint density at radius 2 is 1.85 bits per heavy atom. The number of rotatable bonds is 4. The Labute approximate surface area is 188 Å². The second-order valence-electron chi connectivity index (χ2n) is 7.85. The molecule has 0 fully saturated rings. The van der Waals surface area contributed by atoms with Gasteiger partial charge in [0.2, 0.25) is 0 Å². The van der Waals surface area contributed by atoms with Gasteiger partial charge < -0.3 is 5.32 Å². The first-order chi connectivity index (χ1) is 16.0. The van der Waals surface area contributed by atoms with E-state index in [2.05, 4.69) is 20.6 Å². The number of nitrogens with one attached hydrogen (secondary N) is 1. The molecule has 0 aliphatic rings. The van der Waals surface area contributed by atoms with E-state index in [9.17, 15) is 9.59 Å². The van der Waals surface area contributed by atoms with E-state index in [4.69, 9.17) is 4.98 Å². The zero-order valence-electron chi connectivity index (χ0n) is 18.4. The predicted octanol–water partition coefficient (Wildman–Crippen LogP) is 2.93. The third-order valence-corrected chi connectivity index (χ3v) is 5.60. The largest absolute Gasteiger partial charge is 0.342 e. The third-order valence-electron chi connectivity index (χ3n) is 5.60. The van der Waals surface area contributed by atoms with Crippen LogP contribution in [-0.4, -0.2) is 35.3 Å². The number of nitrogens with zero attached hydrogens (tertiary/aromatic N) is 6. The van der Waals surface area contributed by atoms with Crippen molar-refractivity contribution in [3.63, 3.8) is 0 Å². The zero-order chi connectivity index (χ0) is 23.1. The quantitative estimate of drug-likeness (QED) is 0.461. The van der Waals surface area contributed by atoms with Crippen LogP contribution in [0, 0.1) is 13.8 Å². The number of aromatic nitrogens is 6. The smallest absolute Gasteiger partial charge is 0.266 e. The van der Waals surface area contributed by atoms with Crippen molar-refractivity contribution in [1.82, 2.24) is 34.7 Å². The lowest BCUT2D eigenvalue weighted by Crippen LogP contribution is -2.33. The SMILES string of the molecule is Cc1nn2ccnnc2c1C(=O)N[C@@H](C)c1nc2cccc(C)c2c(=O)n1-c1ccccc1. The molecule has 1 N–H and O–H groups in total. The topological polar surface area (TPSA) is 107 Å². The van der Waals surface area contributed by atoms with E-state index in [-0.39, 0.29) is 11.5 Å². The molecule has 3 heterocycles. The van der Waals surface area contributed by atoms with E-state index in [1.807, 2.05) is 55.5 Å². The lowest BCUT2D eigenvalue weighted by atomic mass is 10.1. The van der Waals surface area contributed by atoms with E-state index in [0.29, 0.717) is 39.3 Å². The predicted molar refractivity (Wildman–Crippen MR) is 123 cm³/mol. The lowest BCUT2D eigenvalue weighted by Gasteiger charge is -2.20. The summed E-state index contributed by atoms with van der Waals surface area (Å²) in [5.41, 5.74) is 3.15. The average Bonchev–Trinajstić information content (AvgIpc) is 3.15. The molecule has 0 spiro atoms. The lowest BCUT2D eigenvalue weighted by molar-refractivity contribution is 0.0938. The van der Waals surface area contributed by atoms with Crippen LogP contribution in [0.4, 0.5) is 0 Å². The molecule has 9 heteroatoms. The highest BCUT2D eigenvalue weighted by Gasteiger charge is 2.24. The van der Waals surface area contributed by atoms with Gasteiger partial charge in [0.15, 0.2) is 5.65 Å². The molecule has 0 saturated carbocycles. The average molecular weight is 439 g/mol. The minimum Gasteiger partial charge on any atom is -0.342 e. The number of carbonyl (C=O) groups excluding carboxylic acids is 1. The molecule has 1 atom stereocenters. The Bertz CT molecular complexity index is 1570. The van der Waals surface area contributed by atoms with Crippen molar-refractivity contribution in [2.24, 2.45) is 0 Å². The van der Waals surface area contributed by atoms with Gasteiger partial charge in [-0.05, 0) is 44.5 Å². The first kappa shape index (κ1) is 20.5. The van der Waals surface area contributed by atoms with Gasteiger partial charge in [0, 0.05) is 0 Å². The molecule has 0 radical (unpaired) electrons. The van der Waals surface area contributed by atoms with Gasteiger partial charge in [-0.15, -0.1) is 5.10 Å². The van der Waals surface area contributed by atoms with Gasteiger partial charge in [0.05, 0.1) is 40.7 Å². The molecule has 33 heavy (non-hydrogen) atoms. The van der Waals surface area contributed by atoms with E-state index in [0.717, 1.165) is 5.56 Å². The highest BCUT2D eigenvalue weighted by Crippen LogP contribution is 2.21. The van der Waals surface area contributed by atoms with Crippen molar-refractivity contribution in [1.29, 1.82) is 0 Å². The second-order valence-corrected chi connectivity index (χ2v) is 7.85. The Kier molecular flexibility index (Phi) is 4.93. The van der Waals surface area contributed by atoms with Gasteiger partial charge in [0.25, 0.3) is 11.5 Å². The van der Waals surface area contributed by atoms with Crippen molar-refractivity contribution in [3.05, 3.63) is 93.9 Å². The molecule has 1 amide bonds. The summed E-state index contributed by atoms with van der Waals surface area (Å²) in [7, 11) is 0. The molecule has 5 rings (SSSR count). The van der Waals surface area contributed by atoms with Crippen LogP contribution in [0.2, 0.25) is 0 Å². The van der Waals surface area contributed by atoms with Crippen molar-refractivity contribution in [3.8, 4) is 5.69 Å². The van der Waals surface area contributed by atoms with Gasteiger partial charge in [-0.25, -0.2) is 9.50 Å². The number of benzene rings is 2. The number of aryl methyl sites for hydroxylation is 2. The van der Waals surface area contributed by atoms with Crippen LogP contribution in [0.25, 0.3) is 22.2 Å². The van der Waals surface area contributed by atoms with Gasteiger partial charge >= 0.3 is 0 Å². The maximum Gasteiger partial charge on any atom is 0.266 e. The van der Waals surface area contributed by atoms with Crippen LogP contribution in [0.1, 0.15) is 40.4 Å². The van der Waals surface area contributed by atoms with Gasteiger partial charge in [0.1, 0.15) is 11.4 Å². The van der Waals surface area contributed by atoms with Crippen molar-refractivity contribution >= 4 is 22.5 Å². The highest BCUT2D eigenvalue weighted by molar-refractivity contribution is 6.01. The van der Waals surface area contributed by atoms with Crippen LogP contribution in [0.15, 0.2) is 65.7 Å². The number of amides is 1. The summed E-state index contributed by atoms with van der Waals surface area (Å²) in [6.07, 6.45) is 3.14. The van der Waals surface area contributed by atoms with Crippen molar-refractivity contribution < 1.29 is 4.79 Å². The van der Waals surface area contributed by atoms with Crippen LogP contribution < -0.4 is 10.9 Å². The Balaban J connectivity index is 1.64. The minimum atomic E-state index is -0.582. The van der Waals surface area contributed by atoms with Gasteiger partial charge in [-0.3, -0.25) is 14.2 Å². The Hall–Kier alpha value is -4.40. The summed E-state index contributed by atoms with van der Waals surface area (Å²) in [5.74, 6) is 0.0616. The molecule has 2 aromatic carbocycles. The summed E-state index contributed by atoms with van der Waals surface area (Å²) in [6, 6.07) is 14.3. The van der Waals surface area contributed by atoms with Gasteiger partial charge in [-0.2, -0.15) is 10.2 Å². The molecule has 0 aliphatic carbocycles. The summed E-state index contributed by atoms with van der Waals surface area (Å²) < 4.78 is 3.07. The molecular weight excluding hydrogens is 418 g/mol. The first-order valence-corrected chi connectivity index (χ1v) is 10.5. The summed E-state index contributed by atoms with van der Waals surface area (Å²) in [6.45, 7) is 5.43. The van der Waals surface area contributed by atoms with E-state index in [1.165, 1.54) is 10.7 Å². The molecule has 3 aromatic heterocycles. The molecule has 164 valence electrons. The second kappa shape index (κ2) is 7.94. The molecular formula is C24H21N7O2. The number of para-hydroxylation sites is 1. The maximum atomic E-state index is 13.6. The fourth-order valence-corrected chi connectivity index (χ4v) is 4.05. The molecule has 0 unspecified atom stereocenters. The van der Waals surface area contributed by atoms with E-state index in [1.54, 1.807) is 24.6 Å². The fraction of sp³-hybridized carbons (Fsp3) is 0.167. The zero-order valence-corrected chi connectivity index (χ0v) is 18.4. The first-order valence-electron chi connectivity index (χ1n) is 10.5. The standard InChI is InChI=1S/C24H21N7O2/c1-14-8-7-11-18-19(14)24(33)31(17-9-5-4-6-10-17)21(27-18)16(3)26-23(32)20-15(2)29-30-13-12-25-28-22(20)30/h4-13,16H,1-3H3,(H,26,32)/t16-/m0/s1. The molecule has 0 saturated heterocycles. The Morgan fingerprint density at radius 3 is 2.64 bits per heavy atom. The monoisotopic (exact) mass is 439 g/mol. The normalized spacial score (nSPS) is 12.2. The molecule has 0 bridgehead atoms. The molecule has 0 aliphatic heterocycles. The number of carbonyl (C=O) groups is 1. The van der Waals surface area contributed by atoms with Crippen molar-refractivity contribution in [2.45, 2.75) is 26.8 Å². The maximum absolute atomic E-state index is 13.6. The third kappa shape index (κ3) is 3.43. The van der Waals surface area contributed by atoms with Crippen molar-refractivity contribution in [2.75, 3.05) is 0 Å². The van der Waals surface area contributed by atoms with Crippen LogP contribution in [0.3, 0.4) is 0 Å². The summed E-state index contributed by atoms with van der Waals surface area (Å²) in [5, 5.41) is 15.8. The number of fused-ring (bicyclic) bond motifs is 2. The number of hydrogen-bond donors (Lipinski definition) is 1. The molecule has 5 aromatic rings. The number of hydrogen-bond acceptors (Lipinski definition) is 6. The van der Waals surface area contributed by atoms with Crippen LogP contribution >= 0.6 is 0 Å². The molecule has 9 nitrogen and oxygen atoms in total. The Morgan fingerprint density at radius 1 is 1.06 bits per heavy atom. The van der Waals surface area contributed by atoms with E-state index >= 15 is 0 Å². The summed E-state index contributed by atoms with van der Waals surface area (Å²) >= 11 is 0. The fourth-order valence-electron chi connectivity index (χ4n) is 4.05. The minimum absolute atomic E-state index is 0.182. The summed E-state index contributed by atoms with van der Waals surface area (Å²) in [4.78, 5) is 31.6. The van der Waals surface area contributed by atoms with Crippen LogP contribution in [0.5, 0.6) is 0 Å². The van der Waals surface area contributed by atoms with E-state index < -0.39 is 6.04 Å². The van der Waals surface area contributed by atoms with Crippen LogP contribution in [-0.2, 0) is 0 Å². The van der Waals surface area contributed by atoms with Gasteiger partial charge in [-0.1, -0.05) is 30.3 Å². The highest BCUT2D eigenvalue weighted by atomic mass is 16.2.